The molecule has 4 heteroatoms. The van der Waals surface area contributed by atoms with Gasteiger partial charge in [-0.25, -0.2) is 0 Å². The molecule has 4 nitrogen and oxygen atoms in total. The highest BCUT2D eigenvalue weighted by molar-refractivity contribution is 5.66. The van der Waals surface area contributed by atoms with Crippen molar-refractivity contribution >= 4 is 0 Å². The van der Waals surface area contributed by atoms with Crippen LogP contribution >= 0.6 is 0 Å². The first-order valence-corrected chi connectivity index (χ1v) is 9.23. The van der Waals surface area contributed by atoms with Crippen molar-refractivity contribution in [2.45, 2.75) is 43.7 Å². The van der Waals surface area contributed by atoms with Crippen LogP contribution in [-0.4, -0.2) is 32.9 Å². The van der Waals surface area contributed by atoms with E-state index in [-0.39, 0.29) is 11.5 Å². The molecule has 1 N–H and O–H groups in total. The molecule has 0 bridgehead atoms. The lowest BCUT2D eigenvalue weighted by molar-refractivity contribution is 0.118. The first-order valence-electron chi connectivity index (χ1n) is 9.23. The molecule has 0 spiro atoms. The van der Waals surface area contributed by atoms with Crippen molar-refractivity contribution in [2.75, 3.05) is 20.8 Å². The summed E-state index contributed by atoms with van der Waals surface area (Å²) in [6.45, 7) is 3.41. The maximum absolute atomic E-state index is 6.43. The Morgan fingerprint density at radius 1 is 1.20 bits per heavy atom. The van der Waals surface area contributed by atoms with Gasteiger partial charge in [0.05, 0.1) is 19.6 Å². The van der Waals surface area contributed by atoms with E-state index in [1.165, 1.54) is 29.5 Å². The summed E-state index contributed by atoms with van der Waals surface area (Å²) in [7, 11) is 3.43. The van der Waals surface area contributed by atoms with Gasteiger partial charge in [0.1, 0.15) is 5.76 Å². The topological polar surface area (TPSA) is 39.7 Å². The van der Waals surface area contributed by atoms with Crippen molar-refractivity contribution in [3.05, 3.63) is 46.7 Å². The molecular weight excluding hydrogens is 314 g/mol. The van der Waals surface area contributed by atoms with Gasteiger partial charge in [-0.3, -0.25) is 0 Å². The van der Waals surface area contributed by atoms with Crippen molar-refractivity contribution < 1.29 is 14.2 Å². The van der Waals surface area contributed by atoms with Crippen LogP contribution in [-0.2, 0) is 16.6 Å². The molecule has 1 unspecified atom stereocenters. The number of nitrogens with one attached hydrogen (secondary N) is 1. The number of methoxy groups -OCH3 is 2. The van der Waals surface area contributed by atoms with Gasteiger partial charge in [0.25, 0.3) is 0 Å². The largest absolute Gasteiger partial charge is 0.497 e. The molecule has 0 radical (unpaired) electrons. The Hall–Kier alpha value is -1.94. The summed E-state index contributed by atoms with van der Waals surface area (Å²) < 4.78 is 17.7. The zero-order valence-electron chi connectivity index (χ0n) is 15.1. The summed E-state index contributed by atoms with van der Waals surface area (Å²) in [5.74, 6) is 3.46. The summed E-state index contributed by atoms with van der Waals surface area (Å²) in [5, 5.41) is 3.83. The van der Waals surface area contributed by atoms with Crippen LogP contribution in [0.5, 0.6) is 11.5 Å². The fraction of sp³-hybridized carbons (Fsp3) is 0.524. The van der Waals surface area contributed by atoms with E-state index >= 15 is 0 Å². The second kappa shape index (κ2) is 5.28. The Morgan fingerprint density at radius 3 is 2.76 bits per heavy atom. The van der Waals surface area contributed by atoms with Crippen molar-refractivity contribution in [3.63, 3.8) is 0 Å². The minimum Gasteiger partial charge on any atom is -0.497 e. The third-order valence-corrected chi connectivity index (χ3v) is 6.38. The number of hydrogen-bond donors (Lipinski definition) is 1. The molecule has 1 aromatic rings. The van der Waals surface area contributed by atoms with E-state index in [1.54, 1.807) is 14.2 Å². The van der Waals surface area contributed by atoms with Crippen molar-refractivity contribution in [1.82, 2.24) is 5.32 Å². The van der Waals surface area contributed by atoms with Gasteiger partial charge in [0, 0.05) is 11.6 Å². The van der Waals surface area contributed by atoms with Crippen molar-refractivity contribution in [3.8, 4) is 11.5 Å². The van der Waals surface area contributed by atoms with Crippen LogP contribution in [0.1, 0.15) is 30.9 Å². The molecule has 4 aliphatic rings. The van der Waals surface area contributed by atoms with Crippen LogP contribution in [0.2, 0.25) is 0 Å². The zero-order valence-corrected chi connectivity index (χ0v) is 15.1. The van der Waals surface area contributed by atoms with Gasteiger partial charge in [-0.15, -0.1) is 0 Å². The number of hydrogen-bond acceptors (Lipinski definition) is 4. The Balaban J connectivity index is 1.65. The lowest BCUT2D eigenvalue weighted by Crippen LogP contribution is -2.51. The van der Waals surface area contributed by atoms with Gasteiger partial charge in [-0.2, -0.15) is 0 Å². The van der Waals surface area contributed by atoms with Crippen LogP contribution < -0.4 is 14.8 Å². The third kappa shape index (κ3) is 2.03. The molecule has 5 rings (SSSR count). The van der Waals surface area contributed by atoms with Gasteiger partial charge in [0.2, 0.25) is 0 Å². The Labute approximate surface area is 148 Å². The molecule has 0 saturated heterocycles. The summed E-state index contributed by atoms with van der Waals surface area (Å²) >= 11 is 0. The van der Waals surface area contributed by atoms with Gasteiger partial charge < -0.3 is 19.5 Å². The normalized spacial score (nSPS) is 31.6. The SMILES string of the molecule is COC1=CC=C2[C@@H](NCC3CC3)Cc3ccc(OC)c4c3C2(C)[C@@H]1O4. The minimum atomic E-state index is -0.196. The molecule has 1 heterocycles. The number of allylic oxidation sites excluding steroid dienone is 2. The minimum absolute atomic E-state index is 0.118. The highest BCUT2D eigenvalue weighted by atomic mass is 16.6. The summed E-state index contributed by atoms with van der Waals surface area (Å²) in [6.07, 6.45) is 7.96. The van der Waals surface area contributed by atoms with E-state index in [1.807, 2.05) is 6.07 Å². The Morgan fingerprint density at radius 2 is 2.04 bits per heavy atom. The van der Waals surface area contributed by atoms with Crippen LogP contribution in [0.3, 0.4) is 0 Å². The van der Waals surface area contributed by atoms with Crippen LogP contribution in [0.25, 0.3) is 0 Å². The molecule has 132 valence electrons. The summed E-state index contributed by atoms with van der Waals surface area (Å²) in [6, 6.07) is 4.61. The third-order valence-electron chi connectivity index (χ3n) is 6.38. The standard InChI is InChI=1S/C21H25NO3/c1-21-14-7-9-17(24-3)20(21)25-19-16(23-2)8-6-13(18(19)21)10-15(14)22-11-12-4-5-12/h6-9,12,15,20,22H,4-5,10-11H2,1-3H3/t15-,20+,21?/m0/s1. The predicted octanol–water partition coefficient (Wildman–Crippen LogP) is 3.11. The Bertz CT molecular complexity index is 793. The van der Waals surface area contributed by atoms with Gasteiger partial charge in [-0.1, -0.05) is 12.1 Å². The zero-order chi connectivity index (χ0) is 17.2. The molecule has 1 saturated carbocycles. The molecule has 1 fully saturated rings. The summed E-state index contributed by atoms with van der Waals surface area (Å²) in [5.41, 5.74) is 3.87. The smallest absolute Gasteiger partial charge is 0.169 e. The lowest BCUT2D eigenvalue weighted by Gasteiger charge is -2.44. The molecular formula is C21H25NO3. The van der Waals surface area contributed by atoms with Crippen LogP contribution in [0.4, 0.5) is 0 Å². The van der Waals surface area contributed by atoms with E-state index in [0.29, 0.717) is 6.04 Å². The maximum Gasteiger partial charge on any atom is 0.169 e. The second-order valence-corrected chi connectivity index (χ2v) is 7.83. The fourth-order valence-electron chi connectivity index (χ4n) is 4.86. The predicted molar refractivity (Wildman–Crippen MR) is 96.2 cm³/mol. The average molecular weight is 339 g/mol. The molecule has 3 aliphatic carbocycles. The highest BCUT2D eigenvalue weighted by Crippen LogP contribution is 2.58. The summed E-state index contributed by atoms with van der Waals surface area (Å²) in [4.78, 5) is 0. The molecule has 0 aromatic heterocycles. The number of benzene rings is 1. The van der Waals surface area contributed by atoms with Crippen LogP contribution in [0, 0.1) is 5.92 Å². The van der Waals surface area contributed by atoms with Gasteiger partial charge in [-0.05, 0) is 61.9 Å². The molecule has 3 atom stereocenters. The quantitative estimate of drug-likeness (QED) is 0.895. The lowest BCUT2D eigenvalue weighted by atomic mass is 9.62. The fourth-order valence-corrected chi connectivity index (χ4v) is 4.86. The van der Waals surface area contributed by atoms with E-state index < -0.39 is 0 Å². The number of ether oxygens (including phenoxy) is 3. The second-order valence-electron chi connectivity index (χ2n) is 7.83. The monoisotopic (exact) mass is 339 g/mol. The number of rotatable bonds is 5. The van der Waals surface area contributed by atoms with E-state index in [2.05, 4.69) is 30.5 Å². The Kier molecular flexibility index (Phi) is 3.23. The van der Waals surface area contributed by atoms with Crippen LogP contribution in [0.15, 0.2) is 35.6 Å². The van der Waals surface area contributed by atoms with Crippen molar-refractivity contribution in [1.29, 1.82) is 0 Å². The van der Waals surface area contributed by atoms with Gasteiger partial charge >= 0.3 is 0 Å². The molecule has 1 aromatic carbocycles. The van der Waals surface area contributed by atoms with E-state index in [4.69, 9.17) is 14.2 Å². The van der Waals surface area contributed by atoms with E-state index in [0.717, 1.165) is 36.1 Å². The van der Waals surface area contributed by atoms with Crippen molar-refractivity contribution in [2.24, 2.45) is 5.92 Å². The average Bonchev–Trinajstić information content (AvgIpc) is 3.39. The van der Waals surface area contributed by atoms with E-state index in [9.17, 15) is 0 Å². The molecule has 25 heavy (non-hydrogen) atoms. The highest BCUT2D eigenvalue weighted by Gasteiger charge is 2.57. The van der Waals surface area contributed by atoms with Gasteiger partial charge in [0.15, 0.2) is 17.6 Å². The molecule has 0 amide bonds. The maximum atomic E-state index is 6.43. The first kappa shape index (κ1) is 15.3. The molecule has 1 aliphatic heterocycles. The first-order chi connectivity index (χ1) is 12.2.